The molecule has 0 bridgehead atoms. The molecule has 0 radical (unpaired) electrons. The Balaban J connectivity index is 2.70. The first-order valence-electron chi connectivity index (χ1n) is 6.61. The van der Waals surface area contributed by atoms with E-state index in [0.717, 1.165) is 24.0 Å². The summed E-state index contributed by atoms with van der Waals surface area (Å²) in [7, 11) is -3.21. The number of aliphatic hydroxyl groups is 1. The van der Waals surface area contributed by atoms with E-state index in [0.29, 0.717) is 0 Å². The van der Waals surface area contributed by atoms with Crippen molar-refractivity contribution in [1.29, 1.82) is 0 Å². The van der Waals surface area contributed by atoms with Crippen LogP contribution in [0.5, 0.6) is 0 Å². The molecule has 1 aliphatic heterocycles. The van der Waals surface area contributed by atoms with Gasteiger partial charge in [0.15, 0.2) is 9.84 Å². The summed E-state index contributed by atoms with van der Waals surface area (Å²) in [4.78, 5) is 0. The molecule has 1 heterocycles. The van der Waals surface area contributed by atoms with Crippen LogP contribution in [0.15, 0.2) is 34.9 Å². The highest BCUT2D eigenvalue weighted by Crippen LogP contribution is 2.25. The van der Waals surface area contributed by atoms with Crippen LogP contribution in [-0.2, 0) is 9.84 Å². The first-order valence-corrected chi connectivity index (χ1v) is 8.32. The molecule has 1 rings (SSSR count). The average molecular weight is 284 g/mol. The predicted octanol–water partition coefficient (Wildman–Crippen LogP) is 2.78. The van der Waals surface area contributed by atoms with Gasteiger partial charge in [-0.05, 0) is 40.5 Å². The van der Waals surface area contributed by atoms with Crippen molar-refractivity contribution in [2.75, 3.05) is 5.75 Å². The molecule has 108 valence electrons. The molecule has 3 nitrogen and oxygen atoms in total. The van der Waals surface area contributed by atoms with Crippen LogP contribution in [0, 0.1) is 0 Å². The summed E-state index contributed by atoms with van der Waals surface area (Å²) in [5, 5.41) is 9.36. The molecule has 1 N–H and O–H groups in total. The van der Waals surface area contributed by atoms with Crippen molar-refractivity contribution in [3.05, 3.63) is 34.9 Å². The fourth-order valence-electron chi connectivity index (χ4n) is 2.28. The monoisotopic (exact) mass is 284 g/mol. The van der Waals surface area contributed by atoms with Crippen molar-refractivity contribution < 1.29 is 13.5 Å². The van der Waals surface area contributed by atoms with E-state index in [1.807, 2.05) is 20.8 Å². The van der Waals surface area contributed by atoms with Gasteiger partial charge in [-0.1, -0.05) is 34.9 Å². The molecule has 1 aliphatic rings. The molecular formula is C15H24O3S. The minimum Gasteiger partial charge on any atom is -0.387 e. The van der Waals surface area contributed by atoms with Gasteiger partial charge >= 0.3 is 0 Å². The van der Waals surface area contributed by atoms with Gasteiger partial charge in [0, 0.05) is 0 Å². The first-order chi connectivity index (χ1) is 8.74. The summed E-state index contributed by atoms with van der Waals surface area (Å²) < 4.78 is 23.7. The number of hydrogen-bond acceptors (Lipinski definition) is 3. The van der Waals surface area contributed by atoms with Gasteiger partial charge < -0.3 is 5.11 Å². The van der Waals surface area contributed by atoms with E-state index in [1.54, 1.807) is 19.1 Å². The number of aliphatic hydroxyl groups excluding tert-OH is 1. The van der Waals surface area contributed by atoms with Crippen LogP contribution < -0.4 is 0 Å². The lowest BCUT2D eigenvalue weighted by Gasteiger charge is -2.17. The molecule has 0 aromatic rings. The Hall–Kier alpha value is -0.870. The second-order valence-electron chi connectivity index (χ2n) is 5.52. The number of allylic oxidation sites excluding steroid dienone is 3. The summed E-state index contributed by atoms with van der Waals surface area (Å²) in [6, 6.07) is 0. The molecular weight excluding hydrogens is 260 g/mol. The molecule has 0 aliphatic carbocycles. The van der Waals surface area contributed by atoms with E-state index in [9.17, 15) is 13.5 Å². The van der Waals surface area contributed by atoms with Crippen molar-refractivity contribution >= 4 is 9.84 Å². The minimum atomic E-state index is -3.21. The van der Waals surface area contributed by atoms with Crippen molar-refractivity contribution in [3.63, 3.8) is 0 Å². The molecule has 4 heteroatoms. The summed E-state index contributed by atoms with van der Waals surface area (Å²) in [6.07, 6.45) is 6.34. The van der Waals surface area contributed by atoms with Gasteiger partial charge in [0.1, 0.15) is 5.25 Å². The standard InChI is InChI=1S/C15H24O3S/c1-11(2)6-5-7-12(3)10-14(16)15-13(4)8-9-19(15,17)18/h6,8,10,14-16H,5,7,9H2,1-4H3/b12-10+. The van der Waals surface area contributed by atoms with Gasteiger partial charge in [-0.25, -0.2) is 8.42 Å². The van der Waals surface area contributed by atoms with Gasteiger partial charge in [0.05, 0.1) is 11.9 Å². The van der Waals surface area contributed by atoms with E-state index in [-0.39, 0.29) is 5.75 Å². The van der Waals surface area contributed by atoms with Gasteiger partial charge in [-0.15, -0.1) is 0 Å². The van der Waals surface area contributed by atoms with E-state index < -0.39 is 21.2 Å². The SMILES string of the molecule is CC(C)=CCC/C(C)=C/C(O)C1C(C)=CCS1(=O)=O. The third kappa shape index (κ3) is 4.62. The summed E-state index contributed by atoms with van der Waals surface area (Å²) >= 11 is 0. The second kappa shape index (κ2) is 6.53. The van der Waals surface area contributed by atoms with Crippen molar-refractivity contribution in [2.24, 2.45) is 0 Å². The molecule has 0 amide bonds. The van der Waals surface area contributed by atoms with Crippen LogP contribution in [-0.4, -0.2) is 30.6 Å². The Labute approximate surface area is 116 Å². The normalized spacial score (nSPS) is 23.9. The smallest absolute Gasteiger partial charge is 0.163 e. The van der Waals surface area contributed by atoms with Crippen LogP contribution in [0.25, 0.3) is 0 Å². The number of rotatable bonds is 5. The summed E-state index contributed by atoms with van der Waals surface area (Å²) in [6.45, 7) is 7.80. The zero-order chi connectivity index (χ0) is 14.6. The maximum absolute atomic E-state index is 11.8. The van der Waals surface area contributed by atoms with Crippen molar-refractivity contribution in [3.8, 4) is 0 Å². The fourth-order valence-corrected chi connectivity index (χ4v) is 4.15. The molecule has 0 aromatic heterocycles. The van der Waals surface area contributed by atoms with Crippen molar-refractivity contribution in [2.45, 2.75) is 51.9 Å². The predicted molar refractivity (Wildman–Crippen MR) is 79.8 cm³/mol. The van der Waals surface area contributed by atoms with Crippen molar-refractivity contribution in [1.82, 2.24) is 0 Å². The summed E-state index contributed by atoms with van der Waals surface area (Å²) in [5.41, 5.74) is 3.05. The molecule has 0 saturated heterocycles. The zero-order valence-electron chi connectivity index (χ0n) is 12.2. The van der Waals surface area contributed by atoms with Crippen LogP contribution in [0.3, 0.4) is 0 Å². The molecule has 0 fully saturated rings. The minimum absolute atomic E-state index is 0.0468. The Bertz CT molecular complexity index is 506. The number of hydrogen-bond donors (Lipinski definition) is 1. The molecule has 2 unspecified atom stereocenters. The van der Waals surface area contributed by atoms with E-state index >= 15 is 0 Å². The van der Waals surface area contributed by atoms with Gasteiger partial charge in [-0.3, -0.25) is 0 Å². The second-order valence-corrected chi connectivity index (χ2v) is 7.69. The highest BCUT2D eigenvalue weighted by atomic mass is 32.2. The van der Waals surface area contributed by atoms with Crippen LogP contribution in [0.4, 0.5) is 0 Å². The molecule has 0 aromatic carbocycles. The number of sulfone groups is 1. The Kier molecular flexibility index (Phi) is 5.56. The quantitative estimate of drug-likeness (QED) is 0.790. The third-order valence-electron chi connectivity index (χ3n) is 3.33. The Morgan fingerprint density at radius 3 is 2.58 bits per heavy atom. The molecule has 0 saturated carbocycles. The van der Waals surface area contributed by atoms with E-state index in [1.165, 1.54) is 5.57 Å². The largest absolute Gasteiger partial charge is 0.387 e. The van der Waals surface area contributed by atoms with E-state index in [4.69, 9.17) is 0 Å². The first kappa shape index (κ1) is 16.2. The third-order valence-corrected chi connectivity index (χ3v) is 5.39. The maximum atomic E-state index is 11.8. The Morgan fingerprint density at radius 1 is 1.47 bits per heavy atom. The van der Waals surface area contributed by atoms with Gasteiger partial charge in [-0.2, -0.15) is 0 Å². The van der Waals surface area contributed by atoms with Crippen LogP contribution >= 0.6 is 0 Å². The van der Waals surface area contributed by atoms with Gasteiger partial charge in [0.25, 0.3) is 0 Å². The highest BCUT2D eigenvalue weighted by molar-refractivity contribution is 7.92. The van der Waals surface area contributed by atoms with E-state index in [2.05, 4.69) is 6.08 Å². The molecule has 19 heavy (non-hydrogen) atoms. The van der Waals surface area contributed by atoms with Crippen LogP contribution in [0.2, 0.25) is 0 Å². The van der Waals surface area contributed by atoms with Gasteiger partial charge in [0.2, 0.25) is 0 Å². The lowest BCUT2D eigenvalue weighted by Crippen LogP contribution is -2.31. The Morgan fingerprint density at radius 2 is 2.11 bits per heavy atom. The highest BCUT2D eigenvalue weighted by Gasteiger charge is 2.36. The lowest BCUT2D eigenvalue weighted by atomic mass is 10.0. The fraction of sp³-hybridized carbons (Fsp3) is 0.600. The summed E-state index contributed by atoms with van der Waals surface area (Å²) in [5.74, 6) is 0.0468. The topological polar surface area (TPSA) is 54.4 Å². The lowest BCUT2D eigenvalue weighted by molar-refractivity contribution is 0.225. The molecule has 2 atom stereocenters. The maximum Gasteiger partial charge on any atom is 0.163 e. The van der Waals surface area contributed by atoms with Crippen LogP contribution in [0.1, 0.15) is 40.5 Å². The average Bonchev–Trinajstić information content (AvgIpc) is 2.52. The molecule has 0 spiro atoms. The zero-order valence-corrected chi connectivity index (χ0v) is 13.0.